The van der Waals surface area contributed by atoms with Crippen molar-refractivity contribution in [3.63, 3.8) is 0 Å². The van der Waals surface area contributed by atoms with Gasteiger partial charge < -0.3 is 5.32 Å². The minimum Gasteiger partial charge on any atom is -0.356 e. The number of sulfonamides is 1. The van der Waals surface area contributed by atoms with Crippen molar-refractivity contribution in [2.24, 2.45) is 0 Å². The van der Waals surface area contributed by atoms with Crippen molar-refractivity contribution in [2.45, 2.75) is 50.8 Å². The molecule has 1 unspecified atom stereocenters. The summed E-state index contributed by atoms with van der Waals surface area (Å²) in [6.45, 7) is 5.57. The lowest BCUT2D eigenvalue weighted by Crippen LogP contribution is -2.45. The monoisotopic (exact) mass is 248 g/mol. The third-order valence-corrected chi connectivity index (χ3v) is 4.87. The Morgan fingerprint density at radius 3 is 2.56 bits per heavy atom. The van der Waals surface area contributed by atoms with Gasteiger partial charge in [0.1, 0.15) is 0 Å². The number of carbonyl (C=O) groups is 1. The van der Waals surface area contributed by atoms with E-state index >= 15 is 0 Å². The Morgan fingerprint density at radius 1 is 1.38 bits per heavy atom. The Bertz CT molecular complexity index is 357. The number of hydrogen-bond acceptors (Lipinski definition) is 3. The van der Waals surface area contributed by atoms with E-state index in [1.54, 1.807) is 20.8 Å². The first-order chi connectivity index (χ1) is 7.22. The second-order valence-electron chi connectivity index (χ2n) is 5.13. The van der Waals surface area contributed by atoms with Gasteiger partial charge in [-0.1, -0.05) is 0 Å². The van der Waals surface area contributed by atoms with Crippen LogP contribution in [-0.2, 0) is 14.8 Å². The lowest BCUT2D eigenvalue weighted by molar-refractivity contribution is -0.121. The van der Waals surface area contributed by atoms with Crippen LogP contribution in [0.15, 0.2) is 0 Å². The van der Waals surface area contributed by atoms with E-state index in [9.17, 15) is 13.2 Å². The number of nitrogens with one attached hydrogen (secondary N) is 2. The van der Waals surface area contributed by atoms with E-state index in [1.165, 1.54) is 0 Å². The fourth-order valence-electron chi connectivity index (χ4n) is 1.47. The van der Waals surface area contributed by atoms with Crippen LogP contribution in [0.1, 0.15) is 40.0 Å². The average molecular weight is 248 g/mol. The first-order valence-electron chi connectivity index (χ1n) is 5.51. The van der Waals surface area contributed by atoms with Crippen LogP contribution in [0, 0.1) is 0 Å². The van der Waals surface area contributed by atoms with E-state index < -0.39 is 14.8 Å². The molecule has 1 aliphatic rings. The fourth-order valence-corrected chi connectivity index (χ4v) is 2.46. The van der Waals surface area contributed by atoms with Crippen molar-refractivity contribution < 1.29 is 13.2 Å². The molecular weight excluding hydrogens is 228 g/mol. The van der Waals surface area contributed by atoms with E-state index in [0.717, 1.165) is 6.42 Å². The minimum atomic E-state index is -3.37. The highest BCUT2D eigenvalue weighted by Gasteiger charge is 2.32. The average Bonchev–Trinajstić information content (AvgIpc) is 2.27. The van der Waals surface area contributed by atoms with Crippen LogP contribution in [0.4, 0.5) is 0 Å². The highest BCUT2D eigenvalue weighted by molar-refractivity contribution is 7.90. The Hall–Kier alpha value is -0.620. The third-order valence-electron chi connectivity index (χ3n) is 2.61. The van der Waals surface area contributed by atoms with Gasteiger partial charge in [0.2, 0.25) is 15.9 Å². The van der Waals surface area contributed by atoms with Crippen LogP contribution in [0.2, 0.25) is 0 Å². The van der Waals surface area contributed by atoms with Crippen molar-refractivity contribution in [3.05, 3.63) is 0 Å². The quantitative estimate of drug-likeness (QED) is 0.741. The molecule has 1 amide bonds. The molecule has 5 nitrogen and oxygen atoms in total. The van der Waals surface area contributed by atoms with Crippen LogP contribution >= 0.6 is 0 Å². The molecule has 1 rings (SSSR count). The predicted octanol–water partition coefficient (Wildman–Crippen LogP) is 0.373. The molecule has 1 aliphatic heterocycles. The van der Waals surface area contributed by atoms with Gasteiger partial charge in [-0.15, -0.1) is 0 Å². The maximum absolute atomic E-state index is 11.9. The van der Waals surface area contributed by atoms with E-state index in [0.29, 0.717) is 13.0 Å². The largest absolute Gasteiger partial charge is 0.356 e. The Labute approximate surface area is 97.0 Å². The van der Waals surface area contributed by atoms with E-state index in [-0.39, 0.29) is 18.4 Å². The van der Waals surface area contributed by atoms with Crippen molar-refractivity contribution in [1.82, 2.24) is 10.0 Å². The van der Waals surface area contributed by atoms with Gasteiger partial charge in [-0.25, -0.2) is 13.1 Å². The molecule has 1 fully saturated rings. The summed E-state index contributed by atoms with van der Waals surface area (Å²) < 4.78 is 25.6. The topological polar surface area (TPSA) is 75.3 Å². The molecule has 2 N–H and O–H groups in total. The van der Waals surface area contributed by atoms with Crippen LogP contribution in [0.5, 0.6) is 0 Å². The summed E-state index contributed by atoms with van der Waals surface area (Å²) in [5.74, 6) is -0.0842. The van der Waals surface area contributed by atoms with Gasteiger partial charge in [0, 0.05) is 19.0 Å². The summed E-state index contributed by atoms with van der Waals surface area (Å²) in [4.78, 5) is 11.3. The van der Waals surface area contributed by atoms with E-state index in [1.807, 2.05) is 0 Å². The first kappa shape index (κ1) is 13.4. The van der Waals surface area contributed by atoms with Gasteiger partial charge in [0.05, 0.1) is 4.75 Å². The molecule has 0 radical (unpaired) electrons. The zero-order valence-electron chi connectivity index (χ0n) is 10.0. The van der Waals surface area contributed by atoms with Gasteiger partial charge in [-0.2, -0.15) is 0 Å². The zero-order chi connectivity index (χ0) is 12.4. The van der Waals surface area contributed by atoms with Gasteiger partial charge in [0.15, 0.2) is 0 Å². The molecule has 0 aromatic carbocycles. The van der Waals surface area contributed by atoms with Crippen LogP contribution in [0.3, 0.4) is 0 Å². The van der Waals surface area contributed by atoms with E-state index in [2.05, 4.69) is 10.0 Å². The summed E-state index contributed by atoms with van der Waals surface area (Å²) in [6, 6.07) is -0.272. The molecule has 0 aromatic rings. The fraction of sp³-hybridized carbons (Fsp3) is 0.900. The second kappa shape index (κ2) is 4.71. The van der Waals surface area contributed by atoms with Crippen molar-refractivity contribution in [2.75, 3.05) is 6.54 Å². The van der Waals surface area contributed by atoms with Gasteiger partial charge in [-0.05, 0) is 33.6 Å². The summed E-state index contributed by atoms with van der Waals surface area (Å²) in [5, 5.41) is 2.73. The summed E-state index contributed by atoms with van der Waals surface area (Å²) in [6.07, 6.45) is 1.74. The van der Waals surface area contributed by atoms with Crippen molar-refractivity contribution >= 4 is 15.9 Å². The SMILES string of the molecule is CC(C)(C)S(=O)(=O)NC1CCCNC(=O)C1. The zero-order valence-corrected chi connectivity index (χ0v) is 10.9. The van der Waals surface area contributed by atoms with Gasteiger partial charge in [0.25, 0.3) is 0 Å². The molecule has 1 saturated heterocycles. The summed E-state index contributed by atoms with van der Waals surface area (Å²) >= 11 is 0. The molecular formula is C10H20N2O3S. The van der Waals surface area contributed by atoms with Crippen molar-refractivity contribution in [3.8, 4) is 0 Å². The summed E-state index contributed by atoms with van der Waals surface area (Å²) in [5.41, 5.74) is 0. The highest BCUT2D eigenvalue weighted by Crippen LogP contribution is 2.16. The lowest BCUT2D eigenvalue weighted by Gasteiger charge is -2.23. The molecule has 94 valence electrons. The van der Waals surface area contributed by atoms with Crippen LogP contribution < -0.4 is 10.0 Å². The third kappa shape index (κ3) is 3.45. The molecule has 1 heterocycles. The molecule has 0 aromatic heterocycles. The normalized spacial score (nSPS) is 23.7. The number of amides is 1. The highest BCUT2D eigenvalue weighted by atomic mass is 32.2. The molecule has 0 aliphatic carbocycles. The Balaban J connectivity index is 2.70. The number of carbonyl (C=O) groups excluding carboxylic acids is 1. The van der Waals surface area contributed by atoms with E-state index in [4.69, 9.17) is 0 Å². The van der Waals surface area contributed by atoms with Crippen LogP contribution in [0.25, 0.3) is 0 Å². The van der Waals surface area contributed by atoms with Crippen LogP contribution in [-0.4, -0.2) is 31.7 Å². The number of rotatable bonds is 2. The number of hydrogen-bond donors (Lipinski definition) is 2. The van der Waals surface area contributed by atoms with Gasteiger partial charge >= 0.3 is 0 Å². The van der Waals surface area contributed by atoms with Gasteiger partial charge in [-0.3, -0.25) is 4.79 Å². The molecule has 0 saturated carbocycles. The maximum Gasteiger partial charge on any atom is 0.221 e. The molecule has 0 bridgehead atoms. The maximum atomic E-state index is 11.9. The smallest absolute Gasteiger partial charge is 0.221 e. The molecule has 1 atom stereocenters. The second-order valence-corrected chi connectivity index (χ2v) is 7.59. The molecule has 16 heavy (non-hydrogen) atoms. The van der Waals surface area contributed by atoms with Crippen molar-refractivity contribution in [1.29, 1.82) is 0 Å². The lowest BCUT2D eigenvalue weighted by atomic mass is 10.1. The molecule has 6 heteroatoms. The first-order valence-corrected chi connectivity index (χ1v) is 6.99. The summed E-state index contributed by atoms with van der Waals surface area (Å²) in [7, 11) is -3.37. The Morgan fingerprint density at radius 2 is 2.00 bits per heavy atom. The Kier molecular flexibility index (Phi) is 3.96. The molecule has 0 spiro atoms. The predicted molar refractivity (Wildman–Crippen MR) is 62.5 cm³/mol. The minimum absolute atomic E-state index is 0.0842. The standard InChI is InChI=1S/C10H20N2O3S/c1-10(2,3)16(14,15)12-8-5-4-6-11-9(13)7-8/h8,12H,4-7H2,1-3H3,(H,11,13).